The minimum absolute atomic E-state index is 0.0704. The Bertz CT molecular complexity index is 122. The Morgan fingerprint density at radius 1 is 1.45 bits per heavy atom. The molecule has 0 aliphatic heterocycles. The van der Waals surface area contributed by atoms with Crippen molar-refractivity contribution in [1.82, 2.24) is 0 Å². The van der Waals surface area contributed by atoms with Gasteiger partial charge in [-0.2, -0.15) is 0 Å². The van der Waals surface area contributed by atoms with Crippen molar-refractivity contribution in [2.24, 2.45) is 0 Å². The van der Waals surface area contributed by atoms with Crippen LogP contribution in [0.5, 0.6) is 0 Å². The second-order valence-corrected chi connectivity index (χ2v) is 1.62. The van der Waals surface area contributed by atoms with Gasteiger partial charge in [0.2, 0.25) is 0 Å². The van der Waals surface area contributed by atoms with Crippen molar-refractivity contribution >= 4 is 12.4 Å². The molecule has 0 aliphatic rings. The van der Waals surface area contributed by atoms with Gasteiger partial charge in [0.25, 0.3) is 6.47 Å². The van der Waals surface area contributed by atoms with E-state index in [1.165, 1.54) is 7.11 Å². The summed E-state index contributed by atoms with van der Waals surface area (Å²) in [5, 5.41) is 0. The summed E-state index contributed by atoms with van der Waals surface area (Å²) in [6, 6.07) is 0. The molecule has 5 heteroatoms. The molecule has 64 valence electrons. The molecular weight excluding hydrogens is 152 g/mol. The molecular formula is C6H10O5. The van der Waals surface area contributed by atoms with Crippen LogP contribution in [0.3, 0.4) is 0 Å². The van der Waals surface area contributed by atoms with Crippen molar-refractivity contribution in [1.29, 1.82) is 0 Å². The first kappa shape index (κ1) is 9.90. The largest absolute Gasteiger partial charge is 0.464 e. The molecule has 0 unspecified atom stereocenters. The maximum atomic E-state index is 10.5. The van der Waals surface area contributed by atoms with Crippen LogP contribution in [0.25, 0.3) is 0 Å². The van der Waals surface area contributed by atoms with E-state index in [9.17, 15) is 9.59 Å². The zero-order valence-corrected chi connectivity index (χ0v) is 6.24. The predicted octanol–water partition coefficient (Wildman–Crippen LogP) is -0.651. The Balaban J connectivity index is 3.10. The number of esters is 1. The van der Waals surface area contributed by atoms with E-state index in [0.29, 0.717) is 6.47 Å². The highest BCUT2D eigenvalue weighted by molar-refractivity contribution is 5.70. The van der Waals surface area contributed by atoms with Crippen LogP contribution in [0.15, 0.2) is 0 Å². The summed E-state index contributed by atoms with van der Waals surface area (Å²) in [6.45, 7) is 0.366. The molecule has 0 heterocycles. The quantitative estimate of drug-likeness (QED) is 0.295. The van der Waals surface area contributed by atoms with E-state index in [4.69, 9.17) is 0 Å². The molecule has 0 aromatic rings. The van der Waals surface area contributed by atoms with Crippen molar-refractivity contribution < 1.29 is 23.8 Å². The first-order valence-corrected chi connectivity index (χ1v) is 3.01. The summed E-state index contributed by atoms with van der Waals surface area (Å²) in [4.78, 5) is 20.1. The normalized spacial score (nSPS) is 8.82. The highest BCUT2D eigenvalue weighted by Gasteiger charge is 1.99. The molecule has 11 heavy (non-hydrogen) atoms. The molecule has 0 saturated heterocycles. The molecule has 0 N–H and O–H groups in total. The summed E-state index contributed by atoms with van der Waals surface area (Å²) in [5.74, 6) is -0.470. The van der Waals surface area contributed by atoms with Crippen molar-refractivity contribution in [3.63, 3.8) is 0 Å². The maximum absolute atomic E-state index is 10.5. The lowest BCUT2D eigenvalue weighted by atomic mass is 10.7. The van der Waals surface area contributed by atoms with Crippen LogP contribution in [0.2, 0.25) is 0 Å². The average Bonchev–Trinajstić information content (AvgIpc) is 1.99. The molecule has 5 nitrogen and oxygen atoms in total. The zero-order valence-electron chi connectivity index (χ0n) is 6.24. The summed E-state index contributed by atoms with van der Waals surface area (Å²) in [7, 11) is 1.39. The maximum Gasteiger partial charge on any atom is 0.332 e. The number of carbonyl (C=O) groups is 2. The van der Waals surface area contributed by atoms with Crippen LogP contribution in [0.1, 0.15) is 0 Å². The Hall–Kier alpha value is -1.10. The van der Waals surface area contributed by atoms with Crippen molar-refractivity contribution in [3.8, 4) is 0 Å². The molecule has 0 atom stereocenters. The zero-order chi connectivity index (χ0) is 8.53. The molecule has 0 fully saturated rings. The van der Waals surface area contributed by atoms with E-state index in [1.54, 1.807) is 0 Å². The van der Waals surface area contributed by atoms with Crippen LogP contribution < -0.4 is 0 Å². The van der Waals surface area contributed by atoms with Crippen molar-refractivity contribution in [2.45, 2.75) is 0 Å². The fourth-order valence-corrected chi connectivity index (χ4v) is 0.411. The van der Waals surface area contributed by atoms with Gasteiger partial charge in [-0.1, -0.05) is 0 Å². The van der Waals surface area contributed by atoms with E-state index in [-0.39, 0.29) is 19.8 Å². The van der Waals surface area contributed by atoms with E-state index >= 15 is 0 Å². The van der Waals surface area contributed by atoms with Gasteiger partial charge in [-0.25, -0.2) is 4.79 Å². The highest BCUT2D eigenvalue weighted by atomic mass is 16.6. The lowest BCUT2D eigenvalue weighted by molar-refractivity contribution is -0.151. The van der Waals surface area contributed by atoms with Crippen molar-refractivity contribution in [3.05, 3.63) is 0 Å². The summed E-state index contributed by atoms with van der Waals surface area (Å²) < 4.78 is 13.3. The lowest BCUT2D eigenvalue weighted by Crippen LogP contribution is -2.14. The molecule has 0 amide bonds. The van der Waals surface area contributed by atoms with E-state index in [1.807, 2.05) is 0 Å². The summed E-state index contributed by atoms with van der Waals surface area (Å²) in [6.07, 6.45) is 0. The molecule has 0 spiro atoms. The van der Waals surface area contributed by atoms with Crippen molar-refractivity contribution in [2.75, 3.05) is 26.9 Å². The fraction of sp³-hybridized carbons (Fsp3) is 0.667. The second kappa shape index (κ2) is 7.01. The number of carbonyl (C=O) groups excluding carboxylic acids is 2. The summed E-state index contributed by atoms with van der Waals surface area (Å²) >= 11 is 0. The van der Waals surface area contributed by atoms with Gasteiger partial charge >= 0.3 is 5.97 Å². The minimum atomic E-state index is -0.470. The molecule has 0 aromatic carbocycles. The number of ether oxygens (including phenoxy) is 3. The molecule has 0 aliphatic carbocycles. The van der Waals surface area contributed by atoms with Crippen LogP contribution in [0.4, 0.5) is 0 Å². The molecule has 0 rings (SSSR count). The third-order valence-electron chi connectivity index (χ3n) is 0.794. The highest BCUT2D eigenvalue weighted by Crippen LogP contribution is 1.79. The molecule has 0 bridgehead atoms. The Morgan fingerprint density at radius 2 is 2.18 bits per heavy atom. The van der Waals surface area contributed by atoms with Crippen LogP contribution >= 0.6 is 0 Å². The van der Waals surface area contributed by atoms with E-state index in [0.717, 1.165) is 0 Å². The number of hydrogen-bond acceptors (Lipinski definition) is 5. The van der Waals surface area contributed by atoms with Gasteiger partial charge in [0.15, 0.2) is 0 Å². The number of methoxy groups -OCH3 is 1. The first-order valence-electron chi connectivity index (χ1n) is 3.01. The van der Waals surface area contributed by atoms with Crippen LogP contribution in [0, 0.1) is 0 Å². The second-order valence-electron chi connectivity index (χ2n) is 1.62. The van der Waals surface area contributed by atoms with Gasteiger partial charge in [0.1, 0.15) is 19.8 Å². The van der Waals surface area contributed by atoms with Gasteiger partial charge in [-0.15, -0.1) is 0 Å². The Morgan fingerprint density at radius 3 is 2.73 bits per heavy atom. The first-order chi connectivity index (χ1) is 5.31. The Labute approximate surface area is 64.2 Å². The van der Waals surface area contributed by atoms with Gasteiger partial charge in [0, 0.05) is 7.11 Å². The predicted molar refractivity (Wildman–Crippen MR) is 34.9 cm³/mol. The standard InChI is InChI=1S/C6H10O5/c1-9-4-6(8)11-3-2-10-5-7/h5H,2-4H2,1H3. The number of rotatable bonds is 6. The van der Waals surface area contributed by atoms with Crippen LogP contribution in [-0.2, 0) is 23.8 Å². The molecule has 0 radical (unpaired) electrons. The number of hydrogen-bond donors (Lipinski definition) is 0. The third kappa shape index (κ3) is 6.79. The molecule has 0 aromatic heterocycles. The third-order valence-corrected chi connectivity index (χ3v) is 0.794. The smallest absolute Gasteiger partial charge is 0.332 e. The van der Waals surface area contributed by atoms with Gasteiger partial charge in [-0.3, -0.25) is 4.79 Å². The topological polar surface area (TPSA) is 61.8 Å². The lowest BCUT2D eigenvalue weighted by Gasteiger charge is -2.01. The van der Waals surface area contributed by atoms with Gasteiger partial charge in [-0.05, 0) is 0 Å². The average molecular weight is 162 g/mol. The van der Waals surface area contributed by atoms with Gasteiger partial charge < -0.3 is 14.2 Å². The SMILES string of the molecule is COCC(=O)OCCOC=O. The van der Waals surface area contributed by atoms with Crippen LogP contribution in [-0.4, -0.2) is 39.4 Å². The summed E-state index contributed by atoms with van der Waals surface area (Å²) in [5.41, 5.74) is 0. The van der Waals surface area contributed by atoms with Gasteiger partial charge in [0.05, 0.1) is 0 Å². The molecule has 0 saturated carbocycles. The fourth-order valence-electron chi connectivity index (χ4n) is 0.411. The van der Waals surface area contributed by atoms with E-state index in [2.05, 4.69) is 14.2 Å². The van der Waals surface area contributed by atoms with E-state index < -0.39 is 5.97 Å². The minimum Gasteiger partial charge on any atom is -0.464 e. The monoisotopic (exact) mass is 162 g/mol. The Kier molecular flexibility index (Phi) is 6.31.